The number of imidazole rings is 1. The van der Waals surface area contributed by atoms with Gasteiger partial charge in [-0.25, -0.2) is 19.7 Å². The minimum Gasteiger partial charge on any atom is -0.478 e. The molecule has 0 aromatic carbocycles. The first-order valence-corrected chi connectivity index (χ1v) is 4.56. The molecule has 0 fully saturated rings. The number of nitrogens with zero attached hydrogens (tertiary/aromatic N) is 4. The number of aromatic nitrogens is 4. The number of hydrogen-bond donors (Lipinski definition) is 1. The largest absolute Gasteiger partial charge is 0.478 e. The summed E-state index contributed by atoms with van der Waals surface area (Å²) in [6, 6.07) is 1.53. The second-order valence-electron chi connectivity index (χ2n) is 3.29. The fraction of sp³-hybridized carbons (Fsp3) is 0. The van der Waals surface area contributed by atoms with Crippen molar-refractivity contribution >= 4 is 22.6 Å². The van der Waals surface area contributed by atoms with Crippen LogP contribution in [0.15, 0.2) is 31.0 Å². The molecule has 0 bridgehead atoms. The van der Waals surface area contributed by atoms with E-state index in [1.807, 2.05) is 0 Å². The summed E-state index contributed by atoms with van der Waals surface area (Å²) in [5.41, 5.74) is 1.18. The fourth-order valence-corrected chi connectivity index (χ4v) is 1.69. The van der Waals surface area contributed by atoms with E-state index in [-0.39, 0.29) is 5.56 Å². The van der Waals surface area contributed by atoms with E-state index >= 15 is 0 Å². The number of carboxylic acid groups (broad SMARTS) is 1. The molecule has 3 rings (SSSR count). The maximum atomic E-state index is 11.1. The number of carbonyl (C=O) groups is 1. The number of hydrogen-bond acceptors (Lipinski definition) is 4. The van der Waals surface area contributed by atoms with E-state index in [2.05, 4.69) is 15.0 Å². The summed E-state index contributed by atoms with van der Waals surface area (Å²) in [4.78, 5) is 23.0. The minimum absolute atomic E-state index is 0.146. The molecule has 0 aliphatic rings. The number of fused-ring (bicyclic) bond motifs is 3. The van der Waals surface area contributed by atoms with Gasteiger partial charge in [-0.15, -0.1) is 0 Å². The predicted molar refractivity (Wildman–Crippen MR) is 55.2 cm³/mol. The molecule has 78 valence electrons. The van der Waals surface area contributed by atoms with Gasteiger partial charge in [0, 0.05) is 24.0 Å². The van der Waals surface area contributed by atoms with Crippen LogP contribution >= 0.6 is 0 Å². The summed E-state index contributed by atoms with van der Waals surface area (Å²) in [5.74, 6) is -1.01. The van der Waals surface area contributed by atoms with E-state index in [1.165, 1.54) is 12.4 Å². The van der Waals surface area contributed by atoms with Gasteiger partial charge >= 0.3 is 5.97 Å². The lowest BCUT2D eigenvalue weighted by Gasteiger charge is -2.03. The number of aromatic carboxylic acids is 1. The first kappa shape index (κ1) is 8.78. The van der Waals surface area contributed by atoms with Crippen LogP contribution in [0, 0.1) is 0 Å². The molecule has 0 unspecified atom stereocenters. The fourth-order valence-electron chi connectivity index (χ4n) is 1.69. The molecule has 0 aliphatic carbocycles. The van der Waals surface area contributed by atoms with Crippen molar-refractivity contribution in [3.63, 3.8) is 0 Å². The highest BCUT2D eigenvalue weighted by Gasteiger charge is 2.13. The molecule has 3 heterocycles. The van der Waals surface area contributed by atoms with Crippen LogP contribution in [-0.2, 0) is 0 Å². The van der Waals surface area contributed by atoms with E-state index < -0.39 is 5.97 Å². The van der Waals surface area contributed by atoms with Gasteiger partial charge in [-0.1, -0.05) is 0 Å². The van der Waals surface area contributed by atoms with Crippen LogP contribution in [-0.4, -0.2) is 30.4 Å². The van der Waals surface area contributed by atoms with Crippen LogP contribution in [0.5, 0.6) is 0 Å². The van der Waals surface area contributed by atoms with Crippen LogP contribution in [0.1, 0.15) is 10.4 Å². The average molecular weight is 214 g/mol. The van der Waals surface area contributed by atoms with Gasteiger partial charge in [-0.2, -0.15) is 0 Å². The van der Waals surface area contributed by atoms with Gasteiger partial charge in [0.2, 0.25) is 0 Å². The number of pyridine rings is 1. The lowest BCUT2D eigenvalue weighted by Crippen LogP contribution is -2.02. The summed E-state index contributed by atoms with van der Waals surface area (Å²) in [6.07, 6.45) is 6.22. The third-order valence-electron chi connectivity index (χ3n) is 2.36. The van der Waals surface area contributed by atoms with E-state index in [4.69, 9.17) is 5.11 Å². The molecule has 0 spiro atoms. The molecule has 0 aliphatic heterocycles. The van der Waals surface area contributed by atoms with Crippen molar-refractivity contribution in [1.82, 2.24) is 19.4 Å². The highest BCUT2D eigenvalue weighted by molar-refractivity contribution is 5.98. The van der Waals surface area contributed by atoms with Crippen LogP contribution in [0.2, 0.25) is 0 Å². The molecule has 0 radical (unpaired) electrons. The Balaban J connectivity index is 2.58. The Morgan fingerprint density at radius 1 is 1.31 bits per heavy atom. The average Bonchev–Trinajstić information content (AvgIpc) is 2.76. The maximum Gasteiger partial charge on any atom is 0.339 e. The lowest BCUT2D eigenvalue weighted by molar-refractivity contribution is 0.0698. The van der Waals surface area contributed by atoms with Gasteiger partial charge in [0.25, 0.3) is 0 Å². The monoisotopic (exact) mass is 214 g/mol. The second kappa shape index (κ2) is 2.99. The molecule has 3 aromatic heterocycles. The molecule has 0 saturated heterocycles. The molecule has 0 atom stereocenters. The summed E-state index contributed by atoms with van der Waals surface area (Å²) in [6.45, 7) is 0. The number of rotatable bonds is 1. The molecule has 1 N–H and O–H groups in total. The Morgan fingerprint density at radius 3 is 3.00 bits per heavy atom. The topological polar surface area (TPSA) is 80.4 Å². The smallest absolute Gasteiger partial charge is 0.339 e. The SMILES string of the molecule is O=C(O)c1cc2cncnc2n2ccnc12. The Hall–Kier alpha value is -2.50. The second-order valence-corrected chi connectivity index (χ2v) is 3.29. The molecule has 0 amide bonds. The third kappa shape index (κ3) is 1.07. The first-order valence-electron chi connectivity index (χ1n) is 4.56. The highest BCUT2D eigenvalue weighted by Crippen LogP contribution is 2.17. The van der Waals surface area contributed by atoms with Crippen LogP contribution in [0.3, 0.4) is 0 Å². The number of carboxylic acids is 1. The summed E-state index contributed by atoms with van der Waals surface area (Å²) in [5, 5.41) is 9.74. The Labute approximate surface area is 89.2 Å². The van der Waals surface area contributed by atoms with Crippen molar-refractivity contribution in [2.75, 3.05) is 0 Å². The van der Waals surface area contributed by atoms with Gasteiger partial charge in [-0.3, -0.25) is 4.40 Å². The molecule has 3 aromatic rings. The van der Waals surface area contributed by atoms with Crippen molar-refractivity contribution in [3.05, 3.63) is 36.5 Å². The normalized spacial score (nSPS) is 11.0. The quantitative estimate of drug-likeness (QED) is 0.653. The lowest BCUT2D eigenvalue weighted by atomic mass is 10.2. The summed E-state index contributed by atoms with van der Waals surface area (Å²) >= 11 is 0. The van der Waals surface area contributed by atoms with Gasteiger partial charge in [-0.05, 0) is 6.07 Å². The van der Waals surface area contributed by atoms with Gasteiger partial charge in [0.05, 0.1) is 0 Å². The molecule has 0 saturated carbocycles. The zero-order chi connectivity index (χ0) is 11.1. The molecule has 6 nitrogen and oxygen atoms in total. The molecular weight excluding hydrogens is 208 g/mol. The van der Waals surface area contributed by atoms with Crippen molar-refractivity contribution in [3.8, 4) is 0 Å². The molecule has 16 heavy (non-hydrogen) atoms. The molecular formula is C10H6N4O2. The highest BCUT2D eigenvalue weighted by atomic mass is 16.4. The van der Waals surface area contributed by atoms with Gasteiger partial charge < -0.3 is 5.11 Å². The van der Waals surface area contributed by atoms with E-state index in [9.17, 15) is 4.79 Å². The zero-order valence-electron chi connectivity index (χ0n) is 8.03. The van der Waals surface area contributed by atoms with Gasteiger partial charge in [0.1, 0.15) is 17.5 Å². The summed E-state index contributed by atoms with van der Waals surface area (Å²) < 4.78 is 1.64. The Kier molecular flexibility index (Phi) is 1.64. The Bertz CT molecular complexity index is 704. The van der Waals surface area contributed by atoms with E-state index in [0.29, 0.717) is 16.7 Å². The van der Waals surface area contributed by atoms with E-state index in [1.54, 1.807) is 23.0 Å². The zero-order valence-corrected chi connectivity index (χ0v) is 8.03. The van der Waals surface area contributed by atoms with Crippen LogP contribution in [0.4, 0.5) is 0 Å². The Morgan fingerprint density at radius 2 is 2.19 bits per heavy atom. The van der Waals surface area contributed by atoms with Crippen LogP contribution < -0.4 is 0 Å². The standard InChI is InChI=1S/C10H6N4O2/c15-10(16)7-3-6-4-11-5-13-8(6)14-2-1-12-9(7)14/h1-5H,(H,15,16). The maximum absolute atomic E-state index is 11.1. The molecule has 6 heteroatoms. The van der Waals surface area contributed by atoms with Crippen molar-refractivity contribution < 1.29 is 9.90 Å². The first-order chi connectivity index (χ1) is 7.77. The van der Waals surface area contributed by atoms with Gasteiger partial charge in [0.15, 0.2) is 5.65 Å². The van der Waals surface area contributed by atoms with Crippen molar-refractivity contribution in [2.24, 2.45) is 0 Å². The van der Waals surface area contributed by atoms with Crippen molar-refractivity contribution in [1.29, 1.82) is 0 Å². The van der Waals surface area contributed by atoms with Crippen LogP contribution in [0.25, 0.3) is 16.7 Å². The summed E-state index contributed by atoms with van der Waals surface area (Å²) in [7, 11) is 0. The van der Waals surface area contributed by atoms with E-state index in [0.717, 1.165) is 0 Å². The third-order valence-corrected chi connectivity index (χ3v) is 2.36. The predicted octanol–water partition coefficient (Wildman–Crippen LogP) is 0.976. The van der Waals surface area contributed by atoms with Crippen molar-refractivity contribution in [2.45, 2.75) is 0 Å². The minimum atomic E-state index is -1.01.